The van der Waals surface area contributed by atoms with Crippen molar-refractivity contribution in [1.29, 1.82) is 0 Å². The van der Waals surface area contributed by atoms with Gasteiger partial charge in [0.05, 0.1) is 10.2 Å². The summed E-state index contributed by atoms with van der Waals surface area (Å²) in [6.45, 7) is 6.13. The SMILES string of the molecule is Cc1[nH]c2[nH]n(-c3nc4ccccc4s3)c(=O)c2c(=O)c1CCC(C)C. The van der Waals surface area contributed by atoms with Gasteiger partial charge in [-0.2, -0.15) is 4.68 Å². The average Bonchev–Trinajstić information content (AvgIpc) is 3.15. The molecule has 0 aliphatic rings. The fourth-order valence-corrected chi connectivity index (χ4v) is 4.07. The third kappa shape index (κ3) is 2.68. The van der Waals surface area contributed by atoms with Gasteiger partial charge in [0.25, 0.3) is 5.56 Å². The summed E-state index contributed by atoms with van der Waals surface area (Å²) >= 11 is 1.41. The highest BCUT2D eigenvalue weighted by Crippen LogP contribution is 2.23. The van der Waals surface area contributed by atoms with E-state index in [2.05, 4.69) is 28.9 Å². The molecule has 0 fully saturated rings. The molecule has 0 aliphatic carbocycles. The van der Waals surface area contributed by atoms with Crippen molar-refractivity contribution in [2.45, 2.75) is 33.6 Å². The Morgan fingerprint density at radius 1 is 1.23 bits per heavy atom. The molecule has 3 heterocycles. The Hall–Kier alpha value is -2.67. The molecule has 7 heteroatoms. The molecule has 0 atom stereocenters. The second-order valence-electron chi connectivity index (χ2n) is 6.96. The van der Waals surface area contributed by atoms with E-state index in [0.29, 0.717) is 28.7 Å². The predicted octanol–water partition coefficient (Wildman–Crippen LogP) is 3.51. The van der Waals surface area contributed by atoms with Crippen molar-refractivity contribution >= 4 is 32.6 Å². The van der Waals surface area contributed by atoms with Crippen molar-refractivity contribution in [1.82, 2.24) is 19.7 Å². The lowest BCUT2D eigenvalue weighted by Crippen LogP contribution is -2.21. The van der Waals surface area contributed by atoms with Crippen molar-refractivity contribution in [2.24, 2.45) is 5.92 Å². The zero-order valence-corrected chi connectivity index (χ0v) is 15.7. The van der Waals surface area contributed by atoms with Gasteiger partial charge < -0.3 is 4.98 Å². The maximum atomic E-state index is 12.9. The zero-order chi connectivity index (χ0) is 18.4. The van der Waals surface area contributed by atoms with E-state index in [4.69, 9.17) is 0 Å². The van der Waals surface area contributed by atoms with Gasteiger partial charge in [0, 0.05) is 11.3 Å². The largest absolute Gasteiger partial charge is 0.343 e. The third-order valence-corrected chi connectivity index (χ3v) is 5.62. The minimum atomic E-state index is -0.355. The van der Waals surface area contributed by atoms with E-state index in [9.17, 15) is 9.59 Å². The van der Waals surface area contributed by atoms with Crippen LogP contribution in [0.2, 0.25) is 0 Å². The fourth-order valence-electron chi connectivity index (χ4n) is 3.15. The van der Waals surface area contributed by atoms with E-state index in [1.165, 1.54) is 16.0 Å². The number of H-pyrrole nitrogens is 2. The Labute approximate surface area is 153 Å². The number of aryl methyl sites for hydroxylation is 1. The van der Waals surface area contributed by atoms with E-state index < -0.39 is 0 Å². The second-order valence-corrected chi connectivity index (χ2v) is 7.97. The summed E-state index contributed by atoms with van der Waals surface area (Å²) < 4.78 is 2.35. The van der Waals surface area contributed by atoms with Gasteiger partial charge in [-0.05, 0) is 37.8 Å². The van der Waals surface area contributed by atoms with Gasteiger partial charge in [-0.15, -0.1) is 0 Å². The summed E-state index contributed by atoms with van der Waals surface area (Å²) in [5.41, 5.74) is 2.24. The summed E-state index contributed by atoms with van der Waals surface area (Å²) in [6.07, 6.45) is 1.58. The number of hydrogen-bond acceptors (Lipinski definition) is 4. The van der Waals surface area contributed by atoms with Gasteiger partial charge in [-0.1, -0.05) is 37.3 Å². The molecule has 0 spiro atoms. The van der Waals surface area contributed by atoms with Gasteiger partial charge in [-0.25, -0.2) is 4.98 Å². The highest BCUT2D eigenvalue weighted by atomic mass is 32.1. The first-order valence-electron chi connectivity index (χ1n) is 8.68. The van der Waals surface area contributed by atoms with Crippen molar-refractivity contribution in [3.05, 3.63) is 56.1 Å². The maximum Gasteiger partial charge on any atom is 0.286 e. The van der Waals surface area contributed by atoms with Crippen LogP contribution in [0.3, 0.4) is 0 Å². The van der Waals surface area contributed by atoms with Crippen LogP contribution in [-0.4, -0.2) is 19.7 Å². The molecule has 26 heavy (non-hydrogen) atoms. The normalized spacial score (nSPS) is 11.8. The molecule has 2 N–H and O–H groups in total. The Balaban J connectivity index is 1.90. The molecule has 0 saturated heterocycles. The number of fused-ring (bicyclic) bond motifs is 2. The molecular weight excluding hydrogens is 348 g/mol. The molecule has 0 radical (unpaired) electrons. The van der Waals surface area contributed by atoms with Crippen molar-refractivity contribution < 1.29 is 0 Å². The lowest BCUT2D eigenvalue weighted by Gasteiger charge is -2.07. The Morgan fingerprint density at radius 2 is 2.00 bits per heavy atom. The van der Waals surface area contributed by atoms with Gasteiger partial charge in [0.1, 0.15) is 11.0 Å². The van der Waals surface area contributed by atoms with Crippen LogP contribution in [0.1, 0.15) is 31.5 Å². The Kier molecular flexibility index (Phi) is 4.03. The van der Waals surface area contributed by atoms with Crippen LogP contribution in [0.5, 0.6) is 0 Å². The molecule has 3 aromatic heterocycles. The molecule has 0 unspecified atom stereocenters. The van der Waals surface area contributed by atoms with E-state index in [0.717, 1.165) is 22.3 Å². The maximum absolute atomic E-state index is 12.9. The first-order valence-corrected chi connectivity index (χ1v) is 9.49. The zero-order valence-electron chi connectivity index (χ0n) is 14.9. The molecule has 4 rings (SSSR count). The number of benzene rings is 1. The fraction of sp³-hybridized carbons (Fsp3) is 0.316. The first-order chi connectivity index (χ1) is 12.5. The summed E-state index contributed by atoms with van der Waals surface area (Å²) in [5, 5.41) is 3.72. The number of nitrogens with one attached hydrogen (secondary N) is 2. The minimum Gasteiger partial charge on any atom is -0.343 e. The van der Waals surface area contributed by atoms with Gasteiger partial charge in [-0.3, -0.25) is 14.7 Å². The number of thiazole rings is 1. The van der Waals surface area contributed by atoms with E-state index in [1.807, 2.05) is 31.2 Å². The van der Waals surface area contributed by atoms with Crippen LogP contribution in [-0.2, 0) is 6.42 Å². The van der Waals surface area contributed by atoms with Crippen molar-refractivity contribution in [3.63, 3.8) is 0 Å². The molecule has 134 valence electrons. The predicted molar refractivity (Wildman–Crippen MR) is 106 cm³/mol. The van der Waals surface area contributed by atoms with Crippen LogP contribution < -0.4 is 11.0 Å². The van der Waals surface area contributed by atoms with Crippen LogP contribution in [0.15, 0.2) is 33.9 Å². The summed E-state index contributed by atoms with van der Waals surface area (Å²) in [6, 6.07) is 7.71. The number of aromatic nitrogens is 4. The number of pyridine rings is 1. The van der Waals surface area contributed by atoms with Gasteiger partial charge >= 0.3 is 0 Å². The van der Waals surface area contributed by atoms with Crippen LogP contribution in [0.25, 0.3) is 26.4 Å². The Morgan fingerprint density at radius 3 is 2.73 bits per heavy atom. The first kappa shape index (κ1) is 16.8. The van der Waals surface area contributed by atoms with Gasteiger partial charge in [0.15, 0.2) is 5.43 Å². The number of nitrogens with zero attached hydrogens (tertiary/aromatic N) is 2. The quantitative estimate of drug-likeness (QED) is 0.578. The van der Waals surface area contributed by atoms with Crippen LogP contribution in [0.4, 0.5) is 0 Å². The molecule has 1 aromatic carbocycles. The van der Waals surface area contributed by atoms with Crippen LogP contribution in [0, 0.1) is 12.8 Å². The van der Waals surface area contributed by atoms with E-state index in [1.54, 1.807) is 0 Å². The number of para-hydroxylation sites is 1. The topological polar surface area (TPSA) is 83.5 Å². The summed E-state index contributed by atoms with van der Waals surface area (Å²) in [4.78, 5) is 33.5. The number of rotatable bonds is 4. The molecule has 0 amide bonds. The smallest absolute Gasteiger partial charge is 0.286 e. The molecule has 0 bridgehead atoms. The van der Waals surface area contributed by atoms with Crippen molar-refractivity contribution in [3.8, 4) is 5.13 Å². The molecule has 0 saturated carbocycles. The lowest BCUT2D eigenvalue weighted by molar-refractivity contribution is 0.584. The van der Waals surface area contributed by atoms with Gasteiger partial charge in [0.2, 0.25) is 5.13 Å². The summed E-state index contributed by atoms with van der Waals surface area (Å²) in [7, 11) is 0. The third-order valence-electron chi connectivity index (χ3n) is 4.60. The molecular formula is C19H20N4O2S. The second kappa shape index (κ2) is 6.25. The molecule has 4 aromatic rings. The Bertz CT molecular complexity index is 1190. The van der Waals surface area contributed by atoms with E-state index in [-0.39, 0.29) is 16.4 Å². The number of hydrogen-bond donors (Lipinski definition) is 2. The monoisotopic (exact) mass is 368 g/mol. The average molecular weight is 368 g/mol. The number of aromatic amines is 2. The van der Waals surface area contributed by atoms with Crippen LogP contribution >= 0.6 is 11.3 Å². The van der Waals surface area contributed by atoms with E-state index >= 15 is 0 Å². The minimum absolute atomic E-state index is 0.175. The highest BCUT2D eigenvalue weighted by Gasteiger charge is 2.18. The molecule has 0 aliphatic heterocycles. The highest BCUT2D eigenvalue weighted by molar-refractivity contribution is 7.20. The lowest BCUT2D eigenvalue weighted by atomic mass is 10.0. The summed E-state index contributed by atoms with van der Waals surface area (Å²) in [5.74, 6) is 0.495. The standard InChI is InChI=1S/C19H20N4O2S/c1-10(2)8-9-12-11(3)20-17-15(16(12)24)18(25)23(22-17)19-21-13-6-4-5-7-14(13)26-19/h4-7,10H,8-9H2,1-3H3,(H2,20,22,24). The molecule has 6 nitrogen and oxygen atoms in total. The van der Waals surface area contributed by atoms with Crippen molar-refractivity contribution in [2.75, 3.05) is 0 Å².